The Morgan fingerprint density at radius 3 is 2.74 bits per heavy atom. The van der Waals surface area contributed by atoms with E-state index in [2.05, 4.69) is 15.9 Å². The topological polar surface area (TPSA) is 38.7 Å². The van der Waals surface area contributed by atoms with E-state index in [9.17, 15) is 5.11 Å². The first-order valence-corrected chi connectivity index (χ1v) is 7.49. The van der Waals surface area contributed by atoms with Crippen molar-refractivity contribution in [3.63, 3.8) is 0 Å². The van der Waals surface area contributed by atoms with E-state index in [0.29, 0.717) is 18.1 Å². The summed E-state index contributed by atoms with van der Waals surface area (Å²) < 4.78 is 12.0. The van der Waals surface area contributed by atoms with Crippen molar-refractivity contribution in [2.75, 3.05) is 7.11 Å². The maximum Gasteiger partial charge on any atom is 0.129 e. The molecule has 1 aromatic heterocycles. The third kappa shape index (κ3) is 3.72. The van der Waals surface area contributed by atoms with Gasteiger partial charge in [-0.2, -0.15) is 0 Å². The molecule has 0 spiro atoms. The van der Waals surface area contributed by atoms with Crippen LogP contribution in [0.3, 0.4) is 0 Å². The van der Waals surface area contributed by atoms with Crippen molar-refractivity contribution < 1.29 is 14.6 Å². The van der Waals surface area contributed by atoms with Crippen LogP contribution in [0.25, 0.3) is 0 Å². The van der Waals surface area contributed by atoms with Crippen molar-refractivity contribution in [3.8, 4) is 11.5 Å². The number of hydrogen-bond donors (Lipinski definition) is 1. The Bertz CT molecular complexity index is 551. The molecule has 0 aliphatic heterocycles. The fraction of sp³-hybridized carbons (Fsp3) is 0.286. The molecule has 2 rings (SSSR count). The molecule has 1 N–H and O–H groups in total. The zero-order valence-corrected chi connectivity index (χ0v) is 13.1. The lowest BCUT2D eigenvalue weighted by Gasteiger charge is -2.14. The van der Waals surface area contributed by atoms with E-state index in [1.165, 1.54) is 0 Å². The highest BCUT2D eigenvalue weighted by Crippen LogP contribution is 2.31. The lowest BCUT2D eigenvalue weighted by atomic mass is 10.1. The molecular formula is C14H15BrO3S. The first-order chi connectivity index (χ1) is 9.10. The number of halogens is 1. The number of aliphatic hydroxyl groups excluding tert-OH is 1. The quantitative estimate of drug-likeness (QED) is 0.886. The molecule has 0 radical (unpaired) electrons. The summed E-state index contributed by atoms with van der Waals surface area (Å²) >= 11 is 5.04. The molecule has 0 unspecified atom stereocenters. The minimum atomic E-state index is -0.573. The summed E-state index contributed by atoms with van der Waals surface area (Å²) in [6, 6.07) is 7.46. The number of thiophene rings is 1. The molecule has 19 heavy (non-hydrogen) atoms. The Morgan fingerprint density at radius 2 is 2.16 bits per heavy atom. The van der Waals surface area contributed by atoms with Crippen molar-refractivity contribution >= 4 is 27.3 Å². The van der Waals surface area contributed by atoms with Crippen molar-refractivity contribution in [1.29, 1.82) is 0 Å². The van der Waals surface area contributed by atoms with Crippen molar-refractivity contribution in [1.82, 2.24) is 0 Å². The summed E-state index contributed by atoms with van der Waals surface area (Å²) in [6.07, 6.45) is -0.573. The normalized spacial score (nSPS) is 12.2. The largest absolute Gasteiger partial charge is 0.497 e. The third-order valence-corrected chi connectivity index (χ3v) is 4.33. The van der Waals surface area contributed by atoms with Crippen LogP contribution in [0.15, 0.2) is 34.1 Å². The van der Waals surface area contributed by atoms with Crippen LogP contribution in [-0.4, -0.2) is 12.2 Å². The molecule has 0 aliphatic rings. The molecule has 0 amide bonds. The van der Waals surface area contributed by atoms with Crippen LogP contribution in [0.2, 0.25) is 0 Å². The fourth-order valence-electron chi connectivity index (χ4n) is 1.69. The zero-order valence-electron chi connectivity index (χ0n) is 10.7. The zero-order chi connectivity index (χ0) is 13.8. The highest BCUT2D eigenvalue weighted by atomic mass is 79.9. The Labute approximate surface area is 124 Å². The summed E-state index contributed by atoms with van der Waals surface area (Å²) in [5, 5.41) is 11.8. The van der Waals surface area contributed by atoms with Crippen LogP contribution in [0, 0.1) is 0 Å². The van der Waals surface area contributed by atoms with E-state index < -0.39 is 6.10 Å². The maximum atomic E-state index is 9.74. The second-order valence-electron chi connectivity index (χ2n) is 4.10. The number of aliphatic hydroxyl groups is 1. The average molecular weight is 343 g/mol. The van der Waals surface area contributed by atoms with E-state index in [1.807, 2.05) is 23.6 Å². The lowest BCUT2D eigenvalue weighted by molar-refractivity contribution is 0.190. The van der Waals surface area contributed by atoms with Crippen LogP contribution >= 0.6 is 27.3 Å². The first kappa shape index (κ1) is 14.4. The smallest absolute Gasteiger partial charge is 0.129 e. The van der Waals surface area contributed by atoms with Crippen LogP contribution < -0.4 is 9.47 Å². The van der Waals surface area contributed by atoms with E-state index in [1.54, 1.807) is 31.4 Å². The molecule has 102 valence electrons. The summed E-state index contributed by atoms with van der Waals surface area (Å²) in [6.45, 7) is 2.19. The standard InChI is InChI=1S/C14H15BrO3S/c1-9(16)13-4-3-11(17-2)6-14(13)18-7-12-5-10(15)8-19-12/h3-6,8-9,16H,7H2,1-2H3/t9-/m0/s1. The summed E-state index contributed by atoms with van der Waals surface area (Å²) in [7, 11) is 1.61. The second-order valence-corrected chi connectivity index (χ2v) is 6.01. The predicted molar refractivity (Wildman–Crippen MR) is 80.0 cm³/mol. The van der Waals surface area contributed by atoms with Gasteiger partial charge in [0.25, 0.3) is 0 Å². The van der Waals surface area contributed by atoms with Gasteiger partial charge < -0.3 is 14.6 Å². The van der Waals surface area contributed by atoms with Crippen molar-refractivity contribution in [2.45, 2.75) is 19.6 Å². The molecule has 0 fully saturated rings. The minimum absolute atomic E-state index is 0.475. The van der Waals surface area contributed by atoms with Gasteiger partial charge in [-0.15, -0.1) is 11.3 Å². The third-order valence-electron chi connectivity index (χ3n) is 2.66. The van der Waals surface area contributed by atoms with E-state index in [-0.39, 0.29) is 0 Å². The maximum absolute atomic E-state index is 9.74. The van der Waals surface area contributed by atoms with Crippen LogP contribution in [-0.2, 0) is 6.61 Å². The Morgan fingerprint density at radius 1 is 1.37 bits per heavy atom. The average Bonchev–Trinajstić information content (AvgIpc) is 2.81. The van der Waals surface area contributed by atoms with Gasteiger partial charge in [-0.1, -0.05) is 0 Å². The highest BCUT2D eigenvalue weighted by Gasteiger charge is 2.11. The van der Waals surface area contributed by atoms with Gasteiger partial charge in [0, 0.05) is 26.4 Å². The van der Waals surface area contributed by atoms with E-state index >= 15 is 0 Å². The van der Waals surface area contributed by atoms with Crippen LogP contribution in [0.4, 0.5) is 0 Å². The van der Waals surface area contributed by atoms with E-state index in [0.717, 1.165) is 14.9 Å². The fourth-order valence-corrected chi connectivity index (χ4v) is 3.05. The molecule has 2 aromatic rings. The molecule has 0 bridgehead atoms. The molecule has 3 nitrogen and oxygen atoms in total. The predicted octanol–water partition coefficient (Wildman–Crippen LogP) is 4.15. The molecular weight excluding hydrogens is 328 g/mol. The number of ether oxygens (including phenoxy) is 2. The van der Waals surface area contributed by atoms with Gasteiger partial charge in [-0.3, -0.25) is 0 Å². The molecule has 5 heteroatoms. The Kier molecular flexibility index (Phi) is 4.85. The SMILES string of the molecule is COc1ccc([C@H](C)O)c(OCc2cc(Br)cs2)c1. The van der Waals surface area contributed by atoms with E-state index in [4.69, 9.17) is 9.47 Å². The Hall–Kier alpha value is -1.04. The van der Waals surface area contributed by atoms with Gasteiger partial charge in [0.15, 0.2) is 0 Å². The van der Waals surface area contributed by atoms with Gasteiger partial charge in [-0.25, -0.2) is 0 Å². The molecule has 1 atom stereocenters. The summed E-state index contributed by atoms with van der Waals surface area (Å²) in [5.41, 5.74) is 0.761. The first-order valence-electron chi connectivity index (χ1n) is 5.82. The summed E-state index contributed by atoms with van der Waals surface area (Å²) in [4.78, 5) is 1.12. The van der Waals surface area contributed by atoms with Gasteiger partial charge in [-0.05, 0) is 41.1 Å². The molecule has 0 saturated carbocycles. The van der Waals surface area contributed by atoms with Gasteiger partial charge in [0.2, 0.25) is 0 Å². The molecule has 1 aromatic carbocycles. The molecule has 0 saturated heterocycles. The van der Waals surface area contributed by atoms with Gasteiger partial charge in [0.1, 0.15) is 18.1 Å². The monoisotopic (exact) mass is 342 g/mol. The van der Waals surface area contributed by atoms with Crippen LogP contribution in [0.5, 0.6) is 11.5 Å². The second kappa shape index (κ2) is 6.41. The number of methoxy groups -OCH3 is 1. The van der Waals surface area contributed by atoms with Crippen molar-refractivity contribution in [2.24, 2.45) is 0 Å². The van der Waals surface area contributed by atoms with Crippen LogP contribution in [0.1, 0.15) is 23.5 Å². The molecule has 1 heterocycles. The minimum Gasteiger partial charge on any atom is -0.497 e. The van der Waals surface area contributed by atoms with Crippen molar-refractivity contribution in [3.05, 3.63) is 44.6 Å². The van der Waals surface area contributed by atoms with Gasteiger partial charge in [0.05, 0.1) is 13.2 Å². The number of benzene rings is 1. The molecule has 0 aliphatic carbocycles. The lowest BCUT2D eigenvalue weighted by Crippen LogP contribution is -2.00. The Balaban J connectivity index is 2.17. The van der Waals surface area contributed by atoms with Gasteiger partial charge >= 0.3 is 0 Å². The highest BCUT2D eigenvalue weighted by molar-refractivity contribution is 9.10. The number of hydrogen-bond acceptors (Lipinski definition) is 4. The number of rotatable bonds is 5. The summed E-state index contributed by atoms with van der Waals surface area (Å²) in [5.74, 6) is 1.37.